The van der Waals surface area contributed by atoms with Gasteiger partial charge in [-0.2, -0.15) is 0 Å². The maximum absolute atomic E-state index is 12.9. The number of carbonyl (C=O) groups excluding carboxylic acids is 6. The second-order valence-corrected chi connectivity index (χ2v) is 9.70. The Balaban J connectivity index is 2.77. The molecular weight excluding hydrogens is 584 g/mol. The lowest BCUT2D eigenvalue weighted by atomic mass is 10.1. The van der Waals surface area contributed by atoms with E-state index in [2.05, 4.69) is 41.5 Å². The second kappa shape index (κ2) is 18.3. The second-order valence-electron chi connectivity index (χ2n) is 9.70. The molecule has 0 bridgehead atoms. The summed E-state index contributed by atoms with van der Waals surface area (Å²) in [4.78, 5) is 96.1. The van der Waals surface area contributed by atoms with Crippen molar-refractivity contribution < 1.29 is 38.7 Å². The van der Waals surface area contributed by atoms with Crippen LogP contribution in [0.4, 0.5) is 0 Å². The highest BCUT2D eigenvalue weighted by Crippen LogP contribution is 2.02. The molecule has 0 aliphatic carbocycles. The van der Waals surface area contributed by atoms with Crippen molar-refractivity contribution in [2.75, 3.05) is 13.1 Å². The van der Waals surface area contributed by atoms with Gasteiger partial charge in [-0.15, -0.1) is 0 Å². The average Bonchev–Trinajstić information content (AvgIpc) is 3.45. The monoisotopic (exact) mass is 624 g/mol. The highest BCUT2D eigenvalue weighted by Gasteiger charge is 2.30. The van der Waals surface area contributed by atoms with E-state index in [0.29, 0.717) is 12.1 Å². The van der Waals surface area contributed by atoms with E-state index in [1.165, 1.54) is 26.4 Å². The molecule has 0 saturated carbocycles. The average molecular weight is 625 g/mol. The molecular formula is C24H40N12O8. The number of guanidine groups is 1. The third kappa shape index (κ3) is 14.1. The van der Waals surface area contributed by atoms with Crippen LogP contribution in [-0.4, -0.2) is 106 Å². The van der Waals surface area contributed by atoms with E-state index in [4.69, 9.17) is 28.0 Å². The highest BCUT2D eigenvalue weighted by atomic mass is 16.4. The SMILES string of the molecule is C[C@@H](NC(=O)[C@@H](Cc1cnc[nH]1)NC(=O)[C@@H](C)NC(=O)[C@@H](CC(N)=O)NC(=O)CNC(=O)[C@H](N)CCCN=C(N)N)C(=O)O. The van der Waals surface area contributed by atoms with Crippen LogP contribution in [0.3, 0.4) is 0 Å². The number of nitrogens with one attached hydrogen (secondary N) is 6. The number of carboxylic acid groups (broad SMARTS) is 1. The lowest BCUT2D eigenvalue weighted by Crippen LogP contribution is -2.58. The number of nitrogens with two attached hydrogens (primary N) is 4. The minimum absolute atomic E-state index is 0.0867. The third-order valence-electron chi connectivity index (χ3n) is 5.88. The van der Waals surface area contributed by atoms with Crippen LogP contribution in [0.5, 0.6) is 0 Å². The van der Waals surface area contributed by atoms with E-state index in [1.54, 1.807) is 0 Å². The normalized spacial score (nSPS) is 14.0. The molecule has 15 N–H and O–H groups in total. The van der Waals surface area contributed by atoms with Gasteiger partial charge in [0.1, 0.15) is 24.2 Å². The third-order valence-corrected chi connectivity index (χ3v) is 5.88. The fourth-order valence-electron chi connectivity index (χ4n) is 3.48. The number of nitrogens with zero attached hydrogens (tertiary/aromatic N) is 2. The molecule has 0 radical (unpaired) electrons. The summed E-state index contributed by atoms with van der Waals surface area (Å²) in [7, 11) is 0. The van der Waals surface area contributed by atoms with Gasteiger partial charge in [0, 0.05) is 24.9 Å². The Kier molecular flexibility index (Phi) is 15.3. The van der Waals surface area contributed by atoms with Crippen molar-refractivity contribution in [2.45, 2.75) is 69.7 Å². The number of aliphatic imine (C=N–C) groups is 1. The van der Waals surface area contributed by atoms with Crippen molar-refractivity contribution >= 4 is 47.4 Å². The van der Waals surface area contributed by atoms with Gasteiger partial charge in [0.2, 0.25) is 35.4 Å². The smallest absolute Gasteiger partial charge is 0.325 e. The molecule has 0 aliphatic heterocycles. The Labute approximate surface area is 251 Å². The van der Waals surface area contributed by atoms with Gasteiger partial charge in [0.05, 0.1) is 25.3 Å². The number of carbonyl (C=O) groups is 7. The molecule has 20 nitrogen and oxygen atoms in total. The fourth-order valence-corrected chi connectivity index (χ4v) is 3.48. The summed E-state index contributed by atoms with van der Waals surface area (Å²) in [5.41, 5.74) is 21.9. The lowest BCUT2D eigenvalue weighted by Gasteiger charge is -2.23. The van der Waals surface area contributed by atoms with Crippen LogP contribution in [-0.2, 0) is 40.0 Å². The van der Waals surface area contributed by atoms with Crippen molar-refractivity contribution in [3.63, 3.8) is 0 Å². The van der Waals surface area contributed by atoms with E-state index in [9.17, 15) is 33.6 Å². The molecule has 0 aliphatic rings. The van der Waals surface area contributed by atoms with Crippen molar-refractivity contribution in [1.29, 1.82) is 0 Å². The zero-order valence-corrected chi connectivity index (χ0v) is 24.3. The standard InChI is InChI=1S/C24H40N12O8/c1-11(19(39)36-15(6-13-8-29-10-32-13)21(41)34-12(2)23(43)44)33-22(42)16(7-17(26)37)35-18(38)9-31-20(40)14(25)4-3-5-30-24(27)28/h8,10-12,14-16H,3-7,9,25H2,1-2H3,(H2,26,37)(H,29,32)(H,31,40)(H,33,42)(H,34,41)(H,35,38)(H,36,39)(H,43,44)(H4,27,28,30)/t11-,12-,14-,15-,16-/m1/s1. The van der Waals surface area contributed by atoms with E-state index in [-0.39, 0.29) is 25.3 Å². The Bertz CT molecular complexity index is 1200. The summed E-state index contributed by atoms with van der Waals surface area (Å²) < 4.78 is 0. The van der Waals surface area contributed by atoms with Gasteiger partial charge in [-0.1, -0.05) is 0 Å². The zero-order chi connectivity index (χ0) is 33.4. The van der Waals surface area contributed by atoms with Gasteiger partial charge in [0.15, 0.2) is 5.96 Å². The number of aromatic amines is 1. The van der Waals surface area contributed by atoms with Gasteiger partial charge in [0.25, 0.3) is 0 Å². The van der Waals surface area contributed by atoms with Gasteiger partial charge in [-0.25, -0.2) is 4.98 Å². The number of imidazole rings is 1. The molecule has 1 heterocycles. The molecule has 1 rings (SSSR count). The Morgan fingerprint density at radius 1 is 0.909 bits per heavy atom. The largest absolute Gasteiger partial charge is 0.480 e. The number of H-pyrrole nitrogens is 1. The van der Waals surface area contributed by atoms with Crippen molar-refractivity contribution in [3.05, 3.63) is 18.2 Å². The Hall–Kier alpha value is -5.27. The number of hydrogen-bond acceptors (Lipinski definition) is 10. The van der Waals surface area contributed by atoms with E-state index in [0.717, 1.165) is 0 Å². The molecule has 244 valence electrons. The van der Waals surface area contributed by atoms with Crippen LogP contribution in [0.2, 0.25) is 0 Å². The van der Waals surface area contributed by atoms with Crippen molar-refractivity contribution in [3.8, 4) is 0 Å². The van der Waals surface area contributed by atoms with Crippen LogP contribution < -0.4 is 49.5 Å². The molecule has 5 atom stereocenters. The first-order chi connectivity index (χ1) is 20.6. The molecule has 0 aromatic carbocycles. The summed E-state index contributed by atoms with van der Waals surface area (Å²) in [5.74, 6) is -6.47. The van der Waals surface area contributed by atoms with E-state index in [1.807, 2.05) is 0 Å². The molecule has 0 spiro atoms. The maximum atomic E-state index is 12.9. The van der Waals surface area contributed by atoms with Crippen LogP contribution >= 0.6 is 0 Å². The van der Waals surface area contributed by atoms with Crippen LogP contribution in [0.15, 0.2) is 17.5 Å². The quantitative estimate of drug-likeness (QED) is 0.0390. The highest BCUT2D eigenvalue weighted by molar-refractivity contribution is 5.97. The lowest BCUT2D eigenvalue weighted by molar-refractivity contribution is -0.141. The fraction of sp³-hybridized carbons (Fsp3) is 0.542. The first-order valence-corrected chi connectivity index (χ1v) is 13.4. The van der Waals surface area contributed by atoms with Crippen LogP contribution in [0.25, 0.3) is 0 Å². The zero-order valence-electron chi connectivity index (χ0n) is 24.3. The molecule has 6 amide bonds. The number of primary amides is 1. The van der Waals surface area contributed by atoms with Gasteiger partial charge in [-0.3, -0.25) is 38.6 Å². The van der Waals surface area contributed by atoms with Gasteiger partial charge < -0.3 is 59.6 Å². The number of amides is 6. The van der Waals surface area contributed by atoms with Crippen LogP contribution in [0, 0.1) is 0 Å². The molecule has 1 aromatic heterocycles. The van der Waals surface area contributed by atoms with Crippen molar-refractivity contribution in [2.24, 2.45) is 27.9 Å². The minimum Gasteiger partial charge on any atom is -0.480 e. The van der Waals surface area contributed by atoms with Crippen molar-refractivity contribution in [1.82, 2.24) is 36.6 Å². The molecule has 0 fully saturated rings. The predicted molar refractivity (Wildman–Crippen MR) is 154 cm³/mol. The van der Waals surface area contributed by atoms with Crippen LogP contribution in [0.1, 0.15) is 38.8 Å². The Morgan fingerprint density at radius 3 is 2.11 bits per heavy atom. The van der Waals surface area contributed by atoms with E-state index >= 15 is 0 Å². The van der Waals surface area contributed by atoms with E-state index < -0.39 is 84.6 Å². The first kappa shape index (κ1) is 36.8. The molecule has 1 aromatic rings. The molecule has 44 heavy (non-hydrogen) atoms. The summed E-state index contributed by atoms with van der Waals surface area (Å²) in [6.07, 6.45) is 2.65. The number of aliphatic carboxylic acids is 1. The maximum Gasteiger partial charge on any atom is 0.325 e. The summed E-state index contributed by atoms with van der Waals surface area (Å²) in [6.45, 7) is 2.18. The number of rotatable bonds is 19. The molecule has 0 unspecified atom stereocenters. The molecule has 0 saturated heterocycles. The number of carboxylic acids is 1. The number of hydrogen-bond donors (Lipinski definition) is 11. The topological polar surface area (TPSA) is 345 Å². The summed E-state index contributed by atoms with van der Waals surface area (Å²) >= 11 is 0. The Morgan fingerprint density at radius 2 is 1.55 bits per heavy atom. The summed E-state index contributed by atoms with van der Waals surface area (Å²) in [6, 6.07) is -6.28. The minimum atomic E-state index is -1.51. The predicted octanol–water partition coefficient (Wildman–Crippen LogP) is -5.61. The van der Waals surface area contributed by atoms with Gasteiger partial charge >= 0.3 is 5.97 Å². The van der Waals surface area contributed by atoms with Gasteiger partial charge in [-0.05, 0) is 26.7 Å². The summed E-state index contributed by atoms with van der Waals surface area (Å²) in [5, 5.41) is 20.7. The number of aromatic nitrogens is 2. The first-order valence-electron chi connectivity index (χ1n) is 13.4. The molecule has 20 heteroatoms.